The van der Waals surface area contributed by atoms with Gasteiger partial charge in [-0.25, -0.2) is 0 Å². The first-order valence-corrected chi connectivity index (χ1v) is 5.21. The van der Waals surface area contributed by atoms with Gasteiger partial charge in [-0.2, -0.15) is 5.26 Å². The van der Waals surface area contributed by atoms with Crippen molar-refractivity contribution in [1.29, 1.82) is 5.26 Å². The molecule has 2 aromatic rings. The molecular weight excluding hydrogens is 254 g/mol. The predicted molar refractivity (Wildman–Crippen MR) is 62.9 cm³/mol. The van der Waals surface area contributed by atoms with Crippen LogP contribution in [0.15, 0.2) is 34.8 Å². The molecule has 0 spiro atoms. The van der Waals surface area contributed by atoms with Crippen LogP contribution in [0.1, 0.15) is 5.56 Å². The fraction of sp³-hybridized carbons (Fsp3) is 0.0833. The van der Waals surface area contributed by atoms with E-state index < -0.39 is 0 Å². The number of halogens is 1. The van der Waals surface area contributed by atoms with Crippen molar-refractivity contribution < 1.29 is 4.74 Å². The summed E-state index contributed by atoms with van der Waals surface area (Å²) in [6, 6.07) is 11.7. The molecule has 0 N–H and O–H groups in total. The van der Waals surface area contributed by atoms with Gasteiger partial charge in [-0.1, -0.05) is 22.0 Å². The molecule has 15 heavy (non-hydrogen) atoms. The number of nitrogens with zero attached hydrogens (tertiary/aromatic N) is 1. The maximum Gasteiger partial charge on any atom is 0.119 e. The SMILES string of the molecule is COc1ccc2cc(Br)cc(C#N)c2c1. The quantitative estimate of drug-likeness (QED) is 0.788. The van der Waals surface area contributed by atoms with E-state index in [0.29, 0.717) is 5.56 Å². The third-order valence-electron chi connectivity index (χ3n) is 2.25. The summed E-state index contributed by atoms with van der Waals surface area (Å²) in [7, 11) is 1.62. The van der Waals surface area contributed by atoms with Crippen LogP contribution in [0.4, 0.5) is 0 Å². The molecule has 0 aromatic heterocycles. The summed E-state index contributed by atoms with van der Waals surface area (Å²) in [6.45, 7) is 0. The zero-order chi connectivity index (χ0) is 10.8. The largest absolute Gasteiger partial charge is 0.497 e. The molecule has 2 nitrogen and oxygen atoms in total. The minimum Gasteiger partial charge on any atom is -0.497 e. The smallest absolute Gasteiger partial charge is 0.119 e. The fourth-order valence-electron chi connectivity index (χ4n) is 1.52. The summed E-state index contributed by atoms with van der Waals surface area (Å²) in [6.07, 6.45) is 0. The van der Waals surface area contributed by atoms with Gasteiger partial charge in [0.25, 0.3) is 0 Å². The Morgan fingerprint density at radius 1 is 1.27 bits per heavy atom. The van der Waals surface area contributed by atoms with Crippen molar-refractivity contribution in [2.45, 2.75) is 0 Å². The summed E-state index contributed by atoms with van der Waals surface area (Å²) in [5.41, 5.74) is 0.651. The first kappa shape index (κ1) is 10.0. The minimum atomic E-state index is 0.651. The second kappa shape index (κ2) is 3.92. The summed E-state index contributed by atoms with van der Waals surface area (Å²) < 4.78 is 6.04. The van der Waals surface area contributed by atoms with Crippen molar-refractivity contribution in [3.63, 3.8) is 0 Å². The van der Waals surface area contributed by atoms with Gasteiger partial charge in [-0.05, 0) is 29.7 Å². The van der Waals surface area contributed by atoms with Gasteiger partial charge >= 0.3 is 0 Å². The lowest BCUT2D eigenvalue weighted by Crippen LogP contribution is -1.85. The molecule has 0 bridgehead atoms. The Morgan fingerprint density at radius 3 is 2.73 bits per heavy atom. The molecular formula is C12H8BrNO. The van der Waals surface area contributed by atoms with Crippen LogP contribution < -0.4 is 4.74 Å². The topological polar surface area (TPSA) is 33.0 Å². The molecule has 0 unspecified atom stereocenters. The molecule has 0 aliphatic carbocycles. The van der Waals surface area contributed by atoms with Crippen LogP contribution in [-0.2, 0) is 0 Å². The number of methoxy groups -OCH3 is 1. The summed E-state index contributed by atoms with van der Waals surface area (Å²) >= 11 is 3.38. The Morgan fingerprint density at radius 2 is 2.07 bits per heavy atom. The van der Waals surface area contributed by atoms with E-state index in [1.54, 1.807) is 7.11 Å². The predicted octanol–water partition coefficient (Wildman–Crippen LogP) is 3.48. The van der Waals surface area contributed by atoms with E-state index in [1.807, 2.05) is 30.3 Å². The summed E-state index contributed by atoms with van der Waals surface area (Å²) in [4.78, 5) is 0. The van der Waals surface area contributed by atoms with E-state index in [2.05, 4.69) is 22.0 Å². The van der Waals surface area contributed by atoms with E-state index >= 15 is 0 Å². The van der Waals surface area contributed by atoms with Gasteiger partial charge in [0.2, 0.25) is 0 Å². The van der Waals surface area contributed by atoms with Crippen molar-refractivity contribution in [3.8, 4) is 11.8 Å². The zero-order valence-electron chi connectivity index (χ0n) is 8.12. The Bertz CT molecular complexity index is 557. The zero-order valence-corrected chi connectivity index (χ0v) is 9.71. The maximum absolute atomic E-state index is 9.01. The average Bonchev–Trinajstić information content (AvgIpc) is 2.27. The highest BCUT2D eigenvalue weighted by atomic mass is 79.9. The van der Waals surface area contributed by atoms with E-state index in [0.717, 1.165) is 21.0 Å². The molecule has 0 amide bonds. The lowest BCUT2D eigenvalue weighted by atomic mass is 10.1. The van der Waals surface area contributed by atoms with Crippen LogP contribution in [0.5, 0.6) is 5.75 Å². The third-order valence-corrected chi connectivity index (χ3v) is 2.70. The molecule has 0 saturated heterocycles. The van der Waals surface area contributed by atoms with Crippen LogP contribution >= 0.6 is 15.9 Å². The first-order valence-electron chi connectivity index (χ1n) is 4.42. The van der Waals surface area contributed by atoms with Crippen LogP contribution in [0, 0.1) is 11.3 Å². The number of nitriles is 1. The Balaban J connectivity index is 2.81. The molecule has 0 aliphatic heterocycles. The lowest BCUT2D eigenvalue weighted by Gasteiger charge is -2.04. The monoisotopic (exact) mass is 261 g/mol. The normalized spacial score (nSPS) is 9.93. The van der Waals surface area contributed by atoms with Crippen molar-refractivity contribution in [2.24, 2.45) is 0 Å². The summed E-state index contributed by atoms with van der Waals surface area (Å²) in [5.74, 6) is 0.765. The molecule has 3 heteroatoms. The van der Waals surface area contributed by atoms with Crippen LogP contribution in [0.2, 0.25) is 0 Å². The van der Waals surface area contributed by atoms with Crippen molar-refractivity contribution in [2.75, 3.05) is 7.11 Å². The number of rotatable bonds is 1. The van der Waals surface area contributed by atoms with E-state index in [-0.39, 0.29) is 0 Å². The molecule has 0 radical (unpaired) electrons. The maximum atomic E-state index is 9.01. The second-order valence-electron chi connectivity index (χ2n) is 3.15. The highest BCUT2D eigenvalue weighted by molar-refractivity contribution is 9.10. The van der Waals surface area contributed by atoms with Gasteiger partial charge < -0.3 is 4.74 Å². The van der Waals surface area contributed by atoms with E-state index in [4.69, 9.17) is 10.00 Å². The molecule has 0 atom stereocenters. The van der Waals surface area contributed by atoms with Gasteiger partial charge in [0, 0.05) is 9.86 Å². The van der Waals surface area contributed by atoms with Crippen molar-refractivity contribution >= 4 is 26.7 Å². The van der Waals surface area contributed by atoms with Crippen LogP contribution in [0.3, 0.4) is 0 Å². The molecule has 2 aromatic carbocycles. The molecule has 74 valence electrons. The van der Waals surface area contributed by atoms with Gasteiger partial charge in [0.1, 0.15) is 5.75 Å². The van der Waals surface area contributed by atoms with E-state index in [1.165, 1.54) is 0 Å². The molecule has 2 rings (SSSR count). The van der Waals surface area contributed by atoms with Gasteiger partial charge in [-0.3, -0.25) is 0 Å². The minimum absolute atomic E-state index is 0.651. The Hall–Kier alpha value is -1.53. The second-order valence-corrected chi connectivity index (χ2v) is 4.07. The number of benzene rings is 2. The number of hydrogen-bond donors (Lipinski definition) is 0. The molecule has 0 saturated carbocycles. The highest BCUT2D eigenvalue weighted by Gasteiger charge is 2.03. The first-order chi connectivity index (χ1) is 7.24. The average molecular weight is 262 g/mol. The van der Waals surface area contributed by atoms with E-state index in [9.17, 15) is 0 Å². The van der Waals surface area contributed by atoms with Crippen LogP contribution in [0.25, 0.3) is 10.8 Å². The number of ether oxygens (including phenoxy) is 1. The highest BCUT2D eigenvalue weighted by Crippen LogP contribution is 2.27. The van der Waals surface area contributed by atoms with Gasteiger partial charge in [-0.15, -0.1) is 0 Å². The molecule has 0 fully saturated rings. The van der Waals surface area contributed by atoms with Gasteiger partial charge in [0.05, 0.1) is 18.7 Å². The molecule has 0 heterocycles. The standard InChI is InChI=1S/C12H8BrNO/c1-15-11-3-2-8-4-10(13)5-9(7-14)12(8)6-11/h2-6H,1H3. The van der Waals surface area contributed by atoms with Crippen molar-refractivity contribution in [3.05, 3.63) is 40.4 Å². The van der Waals surface area contributed by atoms with Crippen molar-refractivity contribution in [1.82, 2.24) is 0 Å². The lowest BCUT2D eigenvalue weighted by molar-refractivity contribution is 0.415. The fourth-order valence-corrected chi connectivity index (χ4v) is 2.00. The Labute approximate surface area is 96.2 Å². The summed E-state index contributed by atoms with van der Waals surface area (Å²) in [5, 5.41) is 11.0. The number of hydrogen-bond acceptors (Lipinski definition) is 2. The van der Waals surface area contributed by atoms with Crippen LogP contribution in [-0.4, -0.2) is 7.11 Å². The molecule has 0 aliphatic rings. The Kier molecular flexibility index (Phi) is 2.61. The van der Waals surface area contributed by atoms with Gasteiger partial charge in [0.15, 0.2) is 0 Å². The third kappa shape index (κ3) is 1.81. The number of fused-ring (bicyclic) bond motifs is 1.